The number of hydrogen-bond donors (Lipinski definition) is 3. The molecule has 0 bridgehead atoms. The van der Waals surface area contributed by atoms with Crippen LogP contribution in [0, 0.1) is 0 Å². The van der Waals surface area contributed by atoms with E-state index in [1.807, 2.05) is 66.4 Å². The highest BCUT2D eigenvalue weighted by atomic mass is 16.5. The lowest BCUT2D eigenvalue weighted by molar-refractivity contribution is -0.124. The smallest absolute Gasteiger partial charge is 0.277 e. The lowest BCUT2D eigenvalue weighted by atomic mass is 10.1. The molecule has 1 atom stereocenters. The number of amides is 2. The Balaban J connectivity index is 1.65. The van der Waals surface area contributed by atoms with Crippen LogP contribution in [0.3, 0.4) is 0 Å². The summed E-state index contributed by atoms with van der Waals surface area (Å²) < 4.78 is 0. The van der Waals surface area contributed by atoms with Crippen molar-refractivity contribution in [1.82, 2.24) is 30.6 Å². The normalized spacial score (nSPS) is 15.6. The molecule has 1 saturated heterocycles. The quantitative estimate of drug-likeness (QED) is 0.371. The maximum absolute atomic E-state index is 13.0. The van der Waals surface area contributed by atoms with E-state index in [1.165, 1.54) is 12.4 Å². The van der Waals surface area contributed by atoms with Crippen molar-refractivity contribution in [1.29, 1.82) is 0 Å². The Morgan fingerprint density at radius 1 is 1.12 bits per heavy atom. The van der Waals surface area contributed by atoms with Gasteiger partial charge in [0.2, 0.25) is 11.9 Å². The first-order chi connectivity index (χ1) is 16.0. The van der Waals surface area contributed by atoms with Crippen molar-refractivity contribution in [2.75, 3.05) is 58.3 Å². The molecule has 0 aliphatic carbocycles. The van der Waals surface area contributed by atoms with Gasteiger partial charge in [0.1, 0.15) is 6.04 Å². The summed E-state index contributed by atoms with van der Waals surface area (Å²) in [6.07, 6.45) is 6.69. The van der Waals surface area contributed by atoms with Gasteiger partial charge in [-0.15, -0.1) is 0 Å². The third kappa shape index (κ3) is 7.07. The van der Waals surface area contributed by atoms with Crippen LogP contribution in [0.25, 0.3) is 6.08 Å². The lowest BCUT2D eigenvalue weighted by Gasteiger charge is -2.37. The maximum atomic E-state index is 13.0. The molecule has 0 spiro atoms. The van der Waals surface area contributed by atoms with Crippen molar-refractivity contribution < 1.29 is 14.8 Å². The minimum atomic E-state index is -0.653. The number of likely N-dealkylation sites (N-methyl/N-ethyl adjacent to an activating group) is 1. The second-order valence-corrected chi connectivity index (χ2v) is 8.04. The van der Waals surface area contributed by atoms with E-state index in [0.29, 0.717) is 38.7 Å². The largest absolute Gasteiger partial charge is 0.353 e. The predicted molar refractivity (Wildman–Crippen MR) is 126 cm³/mol. The zero-order chi connectivity index (χ0) is 23.6. The molecule has 0 radical (unpaired) electrons. The molecule has 2 heterocycles. The number of rotatable bonds is 9. The molecule has 10 heteroatoms. The Morgan fingerprint density at radius 3 is 2.39 bits per heavy atom. The van der Waals surface area contributed by atoms with Gasteiger partial charge in [-0.1, -0.05) is 42.5 Å². The number of hydrogen-bond acceptors (Lipinski definition) is 8. The zero-order valence-electron chi connectivity index (χ0n) is 19.0. The van der Waals surface area contributed by atoms with Crippen LogP contribution in [0.1, 0.15) is 15.9 Å². The van der Waals surface area contributed by atoms with Crippen molar-refractivity contribution in [3.8, 4) is 0 Å². The summed E-state index contributed by atoms with van der Waals surface area (Å²) in [6, 6.07) is 9.54. The third-order valence-corrected chi connectivity index (χ3v) is 5.39. The zero-order valence-corrected chi connectivity index (χ0v) is 19.0. The summed E-state index contributed by atoms with van der Waals surface area (Å²) in [5.41, 5.74) is 2.79. The standard InChI is InChI=1S/C23H31N7O3/c1-28(2)11-10-24-22(32)20(9-8-18-6-4-3-5-7-18)29-12-14-30(15-13-29)23-25-16-19(17-26-23)21(31)27-33/h3-9,16-17,20,33H,10-15H2,1-2H3,(H,24,32)(H,27,31)/b9-8+. The van der Waals surface area contributed by atoms with Crippen LogP contribution in [0.4, 0.5) is 5.95 Å². The number of piperazine rings is 1. The predicted octanol–water partition coefficient (Wildman–Crippen LogP) is 0.477. The van der Waals surface area contributed by atoms with Gasteiger partial charge >= 0.3 is 0 Å². The van der Waals surface area contributed by atoms with Crippen molar-refractivity contribution >= 4 is 23.8 Å². The van der Waals surface area contributed by atoms with Gasteiger partial charge in [-0.25, -0.2) is 15.4 Å². The van der Waals surface area contributed by atoms with E-state index in [4.69, 9.17) is 5.21 Å². The van der Waals surface area contributed by atoms with Crippen LogP contribution >= 0.6 is 0 Å². The van der Waals surface area contributed by atoms with Gasteiger partial charge in [0, 0.05) is 51.7 Å². The van der Waals surface area contributed by atoms with E-state index in [-0.39, 0.29) is 17.5 Å². The number of carbonyl (C=O) groups excluding carboxylic acids is 2. The average Bonchev–Trinajstić information content (AvgIpc) is 2.84. The fourth-order valence-corrected chi connectivity index (χ4v) is 3.52. The van der Waals surface area contributed by atoms with E-state index in [2.05, 4.69) is 20.2 Å². The fourth-order valence-electron chi connectivity index (χ4n) is 3.52. The Kier molecular flexibility index (Phi) is 8.87. The average molecular weight is 454 g/mol. The Labute approximate surface area is 193 Å². The number of nitrogens with zero attached hydrogens (tertiary/aromatic N) is 5. The van der Waals surface area contributed by atoms with E-state index >= 15 is 0 Å². The van der Waals surface area contributed by atoms with Crippen LogP contribution in [-0.2, 0) is 4.79 Å². The molecule has 1 aliphatic heterocycles. The highest BCUT2D eigenvalue weighted by molar-refractivity contribution is 5.92. The van der Waals surface area contributed by atoms with Gasteiger partial charge in [-0.05, 0) is 19.7 Å². The molecule has 1 unspecified atom stereocenters. The maximum Gasteiger partial charge on any atom is 0.277 e. The minimum absolute atomic E-state index is 0.0203. The fraction of sp³-hybridized carbons (Fsp3) is 0.391. The number of anilines is 1. The molecule has 33 heavy (non-hydrogen) atoms. The monoisotopic (exact) mass is 453 g/mol. The number of benzene rings is 1. The highest BCUT2D eigenvalue weighted by Gasteiger charge is 2.28. The number of nitrogens with one attached hydrogen (secondary N) is 2. The molecule has 0 saturated carbocycles. The van der Waals surface area contributed by atoms with Crippen molar-refractivity contribution in [3.63, 3.8) is 0 Å². The van der Waals surface area contributed by atoms with Gasteiger partial charge in [0.15, 0.2) is 0 Å². The first-order valence-electron chi connectivity index (χ1n) is 10.9. The van der Waals surface area contributed by atoms with E-state index in [9.17, 15) is 9.59 Å². The molecule has 3 rings (SSSR count). The van der Waals surface area contributed by atoms with Crippen LogP contribution in [0.5, 0.6) is 0 Å². The third-order valence-electron chi connectivity index (χ3n) is 5.39. The van der Waals surface area contributed by atoms with Gasteiger partial charge in [0.05, 0.1) is 5.56 Å². The summed E-state index contributed by atoms with van der Waals surface area (Å²) >= 11 is 0. The second kappa shape index (κ2) is 12.0. The molecule has 2 amide bonds. The Hall–Kier alpha value is -3.34. The minimum Gasteiger partial charge on any atom is -0.353 e. The van der Waals surface area contributed by atoms with Crippen LogP contribution in [0.2, 0.25) is 0 Å². The molecule has 10 nitrogen and oxygen atoms in total. The van der Waals surface area contributed by atoms with Gasteiger partial charge in [0.25, 0.3) is 5.91 Å². The molecule has 1 fully saturated rings. The topological polar surface area (TPSA) is 114 Å². The molecule has 1 aromatic carbocycles. The van der Waals surface area contributed by atoms with Gasteiger partial charge in [-0.3, -0.25) is 19.7 Å². The Morgan fingerprint density at radius 2 is 1.79 bits per heavy atom. The highest BCUT2D eigenvalue weighted by Crippen LogP contribution is 2.15. The Bertz CT molecular complexity index is 927. The second-order valence-electron chi connectivity index (χ2n) is 8.04. The summed E-state index contributed by atoms with van der Waals surface area (Å²) in [5.74, 6) is -0.163. The number of aromatic nitrogens is 2. The molecule has 1 aromatic heterocycles. The molecule has 1 aliphatic rings. The van der Waals surface area contributed by atoms with Crippen LogP contribution in [0.15, 0.2) is 48.8 Å². The van der Waals surface area contributed by atoms with Gasteiger partial charge in [-0.2, -0.15) is 0 Å². The molecular weight excluding hydrogens is 422 g/mol. The first kappa shape index (κ1) is 24.3. The van der Waals surface area contributed by atoms with Crippen molar-refractivity contribution in [2.24, 2.45) is 0 Å². The van der Waals surface area contributed by atoms with E-state index in [1.54, 1.807) is 5.48 Å². The lowest BCUT2D eigenvalue weighted by Crippen LogP contribution is -2.55. The summed E-state index contributed by atoms with van der Waals surface area (Å²) in [4.78, 5) is 39.1. The number of carbonyl (C=O) groups is 2. The molecular formula is C23H31N7O3. The van der Waals surface area contributed by atoms with Crippen LogP contribution < -0.4 is 15.7 Å². The number of hydroxylamine groups is 1. The summed E-state index contributed by atoms with van der Waals surface area (Å²) in [6.45, 7) is 3.97. The van der Waals surface area contributed by atoms with E-state index < -0.39 is 5.91 Å². The summed E-state index contributed by atoms with van der Waals surface area (Å²) in [7, 11) is 3.95. The van der Waals surface area contributed by atoms with E-state index in [0.717, 1.165) is 12.1 Å². The summed E-state index contributed by atoms with van der Waals surface area (Å²) in [5, 5.41) is 11.8. The SMILES string of the molecule is CN(C)CCNC(=O)C(/C=C/c1ccccc1)N1CCN(c2ncc(C(=O)NO)cn2)CC1. The molecule has 2 aromatic rings. The molecule has 3 N–H and O–H groups in total. The molecule has 176 valence electrons. The van der Waals surface area contributed by atoms with Crippen LogP contribution in [-0.4, -0.2) is 96.2 Å². The van der Waals surface area contributed by atoms with Crippen molar-refractivity contribution in [3.05, 3.63) is 59.9 Å². The first-order valence-corrected chi connectivity index (χ1v) is 10.9. The van der Waals surface area contributed by atoms with Gasteiger partial charge < -0.3 is 15.1 Å². The van der Waals surface area contributed by atoms with Crippen molar-refractivity contribution in [2.45, 2.75) is 6.04 Å².